The van der Waals surface area contributed by atoms with Crippen molar-refractivity contribution in [2.45, 2.75) is 13.2 Å². The van der Waals surface area contributed by atoms with Crippen LogP contribution in [0, 0.1) is 15.3 Å². The molecule has 10 nitrogen and oxygen atoms in total. The summed E-state index contributed by atoms with van der Waals surface area (Å²) in [7, 11) is 1.26. The smallest absolute Gasteiger partial charge is 0.294 e. The van der Waals surface area contributed by atoms with Crippen molar-refractivity contribution in [1.29, 1.82) is 0 Å². The van der Waals surface area contributed by atoms with Crippen LogP contribution < -0.4 is 4.90 Å². The van der Waals surface area contributed by atoms with E-state index in [0.29, 0.717) is 0 Å². The van der Waals surface area contributed by atoms with Gasteiger partial charge in [0.25, 0.3) is 10.8 Å². The molecule has 1 heterocycles. The van der Waals surface area contributed by atoms with E-state index in [0.717, 1.165) is 0 Å². The first kappa shape index (κ1) is 11.1. The first-order valence-electron chi connectivity index (χ1n) is 3.65. The fraction of sp³-hybridized carbons (Fsp3) is 0.600. The highest BCUT2D eigenvalue weighted by atomic mass is 17.2. The highest BCUT2D eigenvalue weighted by Gasteiger charge is 2.20. The molecule has 0 spiro atoms. The lowest BCUT2D eigenvalue weighted by molar-refractivity contribution is -0.821. The zero-order chi connectivity index (χ0) is 11.3. The summed E-state index contributed by atoms with van der Waals surface area (Å²) < 4.78 is 4.20. The Labute approximate surface area is 82.5 Å². The third-order valence-electron chi connectivity index (χ3n) is 1.40. The van der Waals surface area contributed by atoms with Crippen molar-refractivity contribution < 1.29 is 29.2 Å². The van der Waals surface area contributed by atoms with Crippen LogP contribution in [0.15, 0.2) is 4.63 Å². The fourth-order valence-corrected chi connectivity index (χ4v) is 0.768. The minimum atomic E-state index is -1.03. The third-order valence-corrected chi connectivity index (χ3v) is 1.40. The van der Waals surface area contributed by atoms with Gasteiger partial charge < -0.3 is 10.0 Å². The van der Waals surface area contributed by atoms with E-state index >= 15 is 0 Å². The number of rotatable bonds is 6. The number of aromatic nitrogens is 2. The molecule has 15 heavy (non-hydrogen) atoms. The van der Waals surface area contributed by atoms with Crippen molar-refractivity contribution in [2.24, 2.45) is 0 Å². The first-order valence-corrected chi connectivity index (χ1v) is 3.65. The molecule has 0 aliphatic rings. The largest absolute Gasteiger partial charge is 0.359 e. The average Bonchev–Trinajstić information content (AvgIpc) is 2.53. The second kappa shape index (κ2) is 5.07. The van der Waals surface area contributed by atoms with E-state index in [9.17, 15) is 15.3 Å². The van der Waals surface area contributed by atoms with Gasteiger partial charge in [-0.3, -0.25) is 4.63 Å². The summed E-state index contributed by atoms with van der Waals surface area (Å²) in [5, 5.41) is 23.1. The van der Waals surface area contributed by atoms with E-state index in [1.165, 1.54) is 7.11 Å². The van der Waals surface area contributed by atoms with E-state index in [2.05, 4.69) is 24.4 Å². The molecule has 0 radical (unpaired) electrons. The van der Waals surface area contributed by atoms with E-state index in [4.69, 9.17) is 0 Å². The molecule has 0 bridgehead atoms. The topological polar surface area (TPSA) is 124 Å². The van der Waals surface area contributed by atoms with Crippen molar-refractivity contribution in [1.82, 2.24) is 5.16 Å². The lowest BCUT2D eigenvalue weighted by atomic mass is 10.3. The van der Waals surface area contributed by atoms with E-state index in [1.807, 2.05) is 0 Å². The SMILES string of the molecule is COOCc1no[n+]([O-])c1CO[N+](=O)[O-]. The van der Waals surface area contributed by atoms with Gasteiger partial charge >= 0.3 is 0 Å². The van der Waals surface area contributed by atoms with Gasteiger partial charge in [-0.05, 0) is 4.90 Å². The van der Waals surface area contributed by atoms with Crippen LogP contribution in [0.5, 0.6) is 0 Å². The third kappa shape index (κ3) is 3.03. The van der Waals surface area contributed by atoms with Gasteiger partial charge in [-0.25, -0.2) is 9.78 Å². The Morgan fingerprint density at radius 2 is 2.33 bits per heavy atom. The molecule has 0 aliphatic carbocycles. The first-order chi connectivity index (χ1) is 7.15. The predicted molar refractivity (Wildman–Crippen MR) is 39.0 cm³/mol. The van der Waals surface area contributed by atoms with Gasteiger partial charge in [0, 0.05) is 5.16 Å². The van der Waals surface area contributed by atoms with Crippen LogP contribution in [0.2, 0.25) is 0 Å². The summed E-state index contributed by atoms with van der Waals surface area (Å²) >= 11 is 0. The molecule has 0 N–H and O–H groups in total. The molecule has 0 saturated heterocycles. The van der Waals surface area contributed by atoms with Crippen LogP contribution in [0.25, 0.3) is 0 Å². The maximum absolute atomic E-state index is 10.9. The van der Waals surface area contributed by atoms with Gasteiger partial charge in [0.2, 0.25) is 5.69 Å². The lowest BCUT2D eigenvalue weighted by Gasteiger charge is -1.97. The molecular weight excluding hydrogens is 214 g/mol. The molecular formula is C5H7N3O7. The molecule has 0 atom stereocenters. The second-order valence-corrected chi connectivity index (χ2v) is 2.25. The predicted octanol–water partition coefficient (Wildman–Crippen LogP) is -0.906. The van der Waals surface area contributed by atoms with Gasteiger partial charge in [0.15, 0.2) is 13.2 Å². The van der Waals surface area contributed by atoms with Crippen LogP contribution in [0.1, 0.15) is 11.4 Å². The highest BCUT2D eigenvalue weighted by Crippen LogP contribution is 2.04. The van der Waals surface area contributed by atoms with Gasteiger partial charge in [0.05, 0.1) is 7.11 Å². The summed E-state index contributed by atoms with van der Waals surface area (Å²) in [6.45, 7) is -0.742. The lowest BCUT2D eigenvalue weighted by Crippen LogP contribution is -2.29. The van der Waals surface area contributed by atoms with Crippen LogP contribution in [-0.4, -0.2) is 17.4 Å². The fourth-order valence-electron chi connectivity index (χ4n) is 0.768. The summed E-state index contributed by atoms with van der Waals surface area (Å²) in [6.07, 6.45) is 0. The summed E-state index contributed by atoms with van der Waals surface area (Å²) in [5.74, 6) is 0. The van der Waals surface area contributed by atoms with Gasteiger partial charge in [-0.2, -0.15) is 0 Å². The van der Waals surface area contributed by atoms with Crippen molar-refractivity contribution in [3.05, 3.63) is 26.7 Å². The van der Waals surface area contributed by atoms with Crippen molar-refractivity contribution in [2.75, 3.05) is 7.11 Å². The molecule has 0 saturated carbocycles. The highest BCUT2D eigenvalue weighted by molar-refractivity contribution is 5.00. The van der Waals surface area contributed by atoms with Crippen molar-refractivity contribution in [3.8, 4) is 0 Å². The van der Waals surface area contributed by atoms with Crippen LogP contribution in [0.3, 0.4) is 0 Å². The van der Waals surface area contributed by atoms with Crippen LogP contribution in [0.4, 0.5) is 0 Å². The second-order valence-electron chi connectivity index (χ2n) is 2.25. The zero-order valence-electron chi connectivity index (χ0n) is 7.61. The molecule has 0 fully saturated rings. The molecule has 0 unspecified atom stereocenters. The Morgan fingerprint density at radius 1 is 1.60 bits per heavy atom. The molecule has 0 aliphatic heterocycles. The molecule has 1 aromatic rings. The van der Waals surface area contributed by atoms with Crippen LogP contribution >= 0.6 is 0 Å². The van der Waals surface area contributed by atoms with Crippen LogP contribution in [-0.2, 0) is 27.8 Å². The average molecular weight is 221 g/mol. The van der Waals surface area contributed by atoms with Crippen molar-refractivity contribution in [3.63, 3.8) is 0 Å². The normalized spacial score (nSPS) is 10.2. The maximum atomic E-state index is 10.9. The molecule has 1 rings (SSSR count). The van der Waals surface area contributed by atoms with E-state index in [-0.39, 0.29) is 22.9 Å². The number of hydrogen-bond acceptors (Lipinski definition) is 8. The summed E-state index contributed by atoms with van der Waals surface area (Å²) in [4.78, 5) is 22.6. The Bertz CT molecular complexity index is 337. The molecule has 84 valence electrons. The molecule has 0 aromatic carbocycles. The maximum Gasteiger partial charge on any atom is 0.294 e. The molecule has 1 aromatic heterocycles. The summed E-state index contributed by atoms with van der Waals surface area (Å²) in [5.41, 5.74) is -0.0857. The Hall–Kier alpha value is -1.94. The van der Waals surface area contributed by atoms with E-state index in [1.54, 1.807) is 0 Å². The summed E-state index contributed by atoms with van der Waals surface area (Å²) in [6, 6.07) is 0. The Balaban J connectivity index is 2.66. The minimum Gasteiger partial charge on any atom is -0.359 e. The minimum absolute atomic E-state index is 0.00213. The van der Waals surface area contributed by atoms with Crippen molar-refractivity contribution >= 4 is 0 Å². The number of hydrogen-bond donors (Lipinski definition) is 0. The van der Waals surface area contributed by atoms with Gasteiger partial charge in [-0.1, -0.05) is 0 Å². The molecule has 10 heteroatoms. The quantitative estimate of drug-likeness (QED) is 0.262. The monoisotopic (exact) mass is 221 g/mol. The standard InChI is InChI=1S/C5H7N3O7/c1-12-14-2-4-5(3-13-8(10)11)7(9)15-6-4/h2-3H2,1H3. The molecule has 0 amide bonds. The van der Waals surface area contributed by atoms with E-state index < -0.39 is 11.7 Å². The zero-order valence-corrected chi connectivity index (χ0v) is 7.61. The Kier molecular flexibility index (Phi) is 3.76. The Morgan fingerprint density at radius 3 is 2.93 bits per heavy atom. The van der Waals surface area contributed by atoms with Gasteiger partial charge in [0.1, 0.15) is 0 Å². The van der Waals surface area contributed by atoms with Gasteiger partial charge in [-0.15, -0.1) is 10.1 Å². The number of nitrogens with zero attached hydrogens (tertiary/aromatic N) is 3.